The largest absolute Gasteiger partial charge is 0.416 e. The van der Waals surface area contributed by atoms with Crippen LogP contribution in [0.25, 0.3) is 0 Å². The first-order valence-corrected chi connectivity index (χ1v) is 9.28. The minimum absolute atomic E-state index is 0.190. The molecular formula is C19H23F3N4O2. The van der Waals surface area contributed by atoms with Crippen molar-refractivity contribution in [1.29, 1.82) is 0 Å². The summed E-state index contributed by atoms with van der Waals surface area (Å²) in [6.07, 6.45) is -1.23. The summed E-state index contributed by atoms with van der Waals surface area (Å²) in [7, 11) is 0. The molecule has 1 aliphatic heterocycles. The van der Waals surface area contributed by atoms with Crippen LogP contribution in [-0.4, -0.2) is 34.0 Å². The number of rotatable bonds is 6. The topological polar surface area (TPSA) is 71.3 Å². The highest BCUT2D eigenvalue weighted by Gasteiger charge is 2.30. The van der Waals surface area contributed by atoms with Crippen LogP contribution in [0.4, 0.5) is 18.9 Å². The molecule has 0 radical (unpaired) electrons. The number of carbonyl (C=O) groups excluding carboxylic acids is 1. The molecule has 1 amide bonds. The van der Waals surface area contributed by atoms with Gasteiger partial charge in [-0.3, -0.25) is 9.69 Å². The SMILES string of the molecule is Cc1noc(CN2CCCC(CCC(=O)Nc3ccc(C(F)(F)F)cc3)C2)n1. The number of anilines is 1. The molecule has 1 fully saturated rings. The van der Waals surface area contributed by atoms with Crippen molar-refractivity contribution in [3.63, 3.8) is 0 Å². The summed E-state index contributed by atoms with van der Waals surface area (Å²) in [5, 5.41) is 6.45. The summed E-state index contributed by atoms with van der Waals surface area (Å²) in [6.45, 7) is 4.20. The lowest BCUT2D eigenvalue weighted by Crippen LogP contribution is -2.35. The predicted octanol–water partition coefficient (Wildman–Crippen LogP) is 4.03. The highest BCUT2D eigenvalue weighted by Crippen LogP contribution is 2.30. The second-order valence-electron chi connectivity index (χ2n) is 7.14. The summed E-state index contributed by atoms with van der Waals surface area (Å²) >= 11 is 0. The van der Waals surface area contributed by atoms with Gasteiger partial charge in [0.15, 0.2) is 5.82 Å². The number of likely N-dealkylation sites (tertiary alicyclic amines) is 1. The van der Waals surface area contributed by atoms with Crippen LogP contribution in [0.15, 0.2) is 28.8 Å². The van der Waals surface area contributed by atoms with Gasteiger partial charge in [0.25, 0.3) is 0 Å². The number of benzene rings is 1. The first-order valence-electron chi connectivity index (χ1n) is 9.28. The van der Waals surface area contributed by atoms with Crippen LogP contribution < -0.4 is 5.32 Å². The lowest BCUT2D eigenvalue weighted by molar-refractivity contribution is -0.137. The van der Waals surface area contributed by atoms with Crippen LogP contribution in [-0.2, 0) is 17.5 Å². The first kappa shape index (κ1) is 20.3. The lowest BCUT2D eigenvalue weighted by atomic mass is 9.93. The van der Waals surface area contributed by atoms with Gasteiger partial charge in [-0.1, -0.05) is 5.16 Å². The predicted molar refractivity (Wildman–Crippen MR) is 96.3 cm³/mol. The fourth-order valence-corrected chi connectivity index (χ4v) is 3.43. The van der Waals surface area contributed by atoms with E-state index in [9.17, 15) is 18.0 Å². The third-order valence-corrected chi connectivity index (χ3v) is 4.81. The number of aromatic nitrogens is 2. The molecule has 1 aromatic carbocycles. The van der Waals surface area contributed by atoms with Crippen molar-refractivity contribution in [3.05, 3.63) is 41.5 Å². The smallest absolute Gasteiger partial charge is 0.338 e. The van der Waals surface area contributed by atoms with E-state index in [1.165, 1.54) is 12.1 Å². The van der Waals surface area contributed by atoms with E-state index in [0.717, 1.165) is 44.5 Å². The second-order valence-corrected chi connectivity index (χ2v) is 7.14. The Bertz CT molecular complexity index is 789. The molecule has 0 saturated carbocycles. The zero-order valence-corrected chi connectivity index (χ0v) is 15.6. The molecule has 3 rings (SSSR count). The molecule has 1 atom stereocenters. The lowest BCUT2D eigenvalue weighted by Gasteiger charge is -2.31. The average Bonchev–Trinajstić information content (AvgIpc) is 3.05. The van der Waals surface area contributed by atoms with Crippen molar-refractivity contribution >= 4 is 11.6 Å². The second kappa shape index (κ2) is 8.72. The Balaban J connectivity index is 1.43. The molecule has 1 N–H and O–H groups in total. The zero-order valence-electron chi connectivity index (χ0n) is 15.6. The van der Waals surface area contributed by atoms with Gasteiger partial charge in [0.1, 0.15) is 0 Å². The van der Waals surface area contributed by atoms with Crippen molar-refractivity contribution in [2.45, 2.75) is 45.3 Å². The number of hydrogen-bond acceptors (Lipinski definition) is 5. The first-order chi connectivity index (χ1) is 13.3. The van der Waals surface area contributed by atoms with Crippen molar-refractivity contribution < 1.29 is 22.5 Å². The van der Waals surface area contributed by atoms with Crippen LogP contribution in [0, 0.1) is 12.8 Å². The van der Waals surface area contributed by atoms with E-state index in [-0.39, 0.29) is 5.91 Å². The van der Waals surface area contributed by atoms with Gasteiger partial charge in [0.2, 0.25) is 11.8 Å². The average molecular weight is 396 g/mol. The number of nitrogens with one attached hydrogen (secondary N) is 1. The van der Waals surface area contributed by atoms with E-state index in [1.807, 2.05) is 0 Å². The molecule has 2 aromatic rings. The van der Waals surface area contributed by atoms with Crippen molar-refractivity contribution in [2.75, 3.05) is 18.4 Å². The molecule has 1 unspecified atom stereocenters. The molecule has 28 heavy (non-hydrogen) atoms. The monoisotopic (exact) mass is 396 g/mol. The minimum atomic E-state index is -4.38. The summed E-state index contributed by atoms with van der Waals surface area (Å²) in [6, 6.07) is 4.48. The van der Waals surface area contributed by atoms with E-state index in [2.05, 4.69) is 20.4 Å². The van der Waals surface area contributed by atoms with Gasteiger partial charge in [0.05, 0.1) is 12.1 Å². The standard InChI is InChI=1S/C19H23F3N4O2/c1-13-23-18(28-25-13)12-26-10-2-3-14(11-26)4-9-17(27)24-16-7-5-15(6-8-16)19(20,21)22/h5-8,14H,2-4,9-12H2,1H3,(H,24,27). The van der Waals surface area contributed by atoms with Crippen LogP contribution in [0.2, 0.25) is 0 Å². The molecule has 0 bridgehead atoms. The van der Waals surface area contributed by atoms with E-state index in [0.29, 0.717) is 36.3 Å². The zero-order chi connectivity index (χ0) is 20.1. The van der Waals surface area contributed by atoms with Gasteiger partial charge in [-0.2, -0.15) is 18.2 Å². The molecule has 152 valence electrons. The van der Waals surface area contributed by atoms with Gasteiger partial charge >= 0.3 is 6.18 Å². The Kier molecular flexibility index (Phi) is 6.33. The van der Waals surface area contributed by atoms with Crippen molar-refractivity contribution in [3.8, 4) is 0 Å². The molecular weight excluding hydrogens is 373 g/mol. The Morgan fingerprint density at radius 2 is 2.07 bits per heavy atom. The quantitative estimate of drug-likeness (QED) is 0.798. The molecule has 0 spiro atoms. The normalized spacial score (nSPS) is 18.2. The molecule has 1 aliphatic rings. The molecule has 9 heteroatoms. The summed E-state index contributed by atoms with van der Waals surface area (Å²) in [5.74, 6) is 1.40. The number of hydrogen-bond donors (Lipinski definition) is 1. The van der Waals surface area contributed by atoms with Crippen LogP contribution >= 0.6 is 0 Å². The molecule has 1 saturated heterocycles. The highest BCUT2D eigenvalue weighted by molar-refractivity contribution is 5.90. The van der Waals surface area contributed by atoms with Crippen LogP contribution in [0.5, 0.6) is 0 Å². The van der Waals surface area contributed by atoms with E-state index < -0.39 is 11.7 Å². The summed E-state index contributed by atoms with van der Waals surface area (Å²) in [4.78, 5) is 18.6. The molecule has 0 aliphatic carbocycles. The fourth-order valence-electron chi connectivity index (χ4n) is 3.43. The van der Waals surface area contributed by atoms with Crippen molar-refractivity contribution in [1.82, 2.24) is 15.0 Å². The maximum Gasteiger partial charge on any atom is 0.416 e. The fraction of sp³-hybridized carbons (Fsp3) is 0.526. The molecule has 6 nitrogen and oxygen atoms in total. The number of halogens is 3. The molecule has 1 aromatic heterocycles. The van der Waals surface area contributed by atoms with Gasteiger partial charge in [0, 0.05) is 18.7 Å². The third-order valence-electron chi connectivity index (χ3n) is 4.81. The molecule has 2 heterocycles. The number of alkyl halides is 3. The Morgan fingerprint density at radius 3 is 2.71 bits per heavy atom. The van der Waals surface area contributed by atoms with Crippen LogP contribution in [0.1, 0.15) is 43.0 Å². The van der Waals surface area contributed by atoms with Gasteiger partial charge in [-0.15, -0.1) is 0 Å². The van der Waals surface area contributed by atoms with Gasteiger partial charge < -0.3 is 9.84 Å². The summed E-state index contributed by atoms with van der Waals surface area (Å²) < 4.78 is 42.9. The minimum Gasteiger partial charge on any atom is -0.338 e. The van der Waals surface area contributed by atoms with Gasteiger partial charge in [-0.25, -0.2) is 0 Å². The number of carbonyl (C=O) groups is 1. The van der Waals surface area contributed by atoms with Crippen LogP contribution in [0.3, 0.4) is 0 Å². The highest BCUT2D eigenvalue weighted by atomic mass is 19.4. The Morgan fingerprint density at radius 1 is 1.32 bits per heavy atom. The van der Waals surface area contributed by atoms with E-state index in [1.54, 1.807) is 6.92 Å². The Labute approximate surface area is 161 Å². The number of amides is 1. The number of aryl methyl sites for hydroxylation is 1. The van der Waals surface area contributed by atoms with E-state index >= 15 is 0 Å². The number of nitrogens with zero attached hydrogens (tertiary/aromatic N) is 3. The maximum atomic E-state index is 12.6. The van der Waals surface area contributed by atoms with Crippen molar-refractivity contribution in [2.24, 2.45) is 5.92 Å². The summed E-state index contributed by atoms with van der Waals surface area (Å²) in [5.41, 5.74) is -0.362. The number of piperidine rings is 1. The Hall–Kier alpha value is -2.42. The van der Waals surface area contributed by atoms with Gasteiger partial charge in [-0.05, 0) is 62.9 Å². The van der Waals surface area contributed by atoms with E-state index in [4.69, 9.17) is 4.52 Å². The third kappa shape index (κ3) is 5.79. The maximum absolute atomic E-state index is 12.6.